The number of hydrogen-bond acceptors (Lipinski definition) is 4. The Kier molecular flexibility index (Phi) is 4.36. The number of aliphatic carboxylic acids is 1. The molecule has 0 aromatic heterocycles. The van der Waals surface area contributed by atoms with E-state index in [1.807, 2.05) is 31.2 Å². The molecule has 1 fully saturated rings. The zero-order valence-corrected chi connectivity index (χ0v) is 15.1. The van der Waals surface area contributed by atoms with Crippen LogP contribution >= 0.6 is 11.8 Å². The van der Waals surface area contributed by atoms with Crippen LogP contribution in [-0.4, -0.2) is 45.8 Å². The second-order valence-corrected chi connectivity index (χ2v) is 7.85. The fourth-order valence-corrected chi connectivity index (χ4v) is 4.94. The van der Waals surface area contributed by atoms with Crippen LogP contribution in [0.25, 0.3) is 11.1 Å². The van der Waals surface area contributed by atoms with Crippen molar-refractivity contribution in [1.82, 2.24) is 4.90 Å². The van der Waals surface area contributed by atoms with Crippen molar-refractivity contribution in [3.8, 4) is 11.1 Å². The summed E-state index contributed by atoms with van der Waals surface area (Å²) in [4.78, 5) is 25.3. The SMILES string of the molecule is C[C@@H]1SC[C@H](C(=O)O)N1C(=O)OCC1c2ccccc2-c2ccccc21. The van der Waals surface area contributed by atoms with Gasteiger partial charge < -0.3 is 9.84 Å². The van der Waals surface area contributed by atoms with Crippen molar-refractivity contribution < 1.29 is 19.4 Å². The van der Waals surface area contributed by atoms with Gasteiger partial charge in [0, 0.05) is 11.7 Å². The van der Waals surface area contributed by atoms with Gasteiger partial charge in [-0.05, 0) is 29.2 Å². The van der Waals surface area contributed by atoms with Crippen LogP contribution in [0.15, 0.2) is 48.5 Å². The first-order valence-electron chi connectivity index (χ1n) is 8.55. The van der Waals surface area contributed by atoms with Gasteiger partial charge in [0.05, 0.1) is 5.37 Å². The van der Waals surface area contributed by atoms with Gasteiger partial charge >= 0.3 is 12.1 Å². The van der Waals surface area contributed by atoms with Crippen LogP contribution in [-0.2, 0) is 9.53 Å². The largest absolute Gasteiger partial charge is 0.480 e. The van der Waals surface area contributed by atoms with E-state index in [1.165, 1.54) is 16.7 Å². The Bertz CT molecular complexity index is 823. The molecule has 26 heavy (non-hydrogen) atoms. The average molecular weight is 369 g/mol. The van der Waals surface area contributed by atoms with E-state index in [4.69, 9.17) is 4.74 Å². The maximum absolute atomic E-state index is 12.6. The molecule has 0 spiro atoms. The zero-order valence-electron chi connectivity index (χ0n) is 14.3. The molecule has 1 amide bonds. The summed E-state index contributed by atoms with van der Waals surface area (Å²) < 4.78 is 5.58. The van der Waals surface area contributed by atoms with Crippen molar-refractivity contribution in [2.45, 2.75) is 24.3 Å². The molecule has 1 aliphatic heterocycles. The topological polar surface area (TPSA) is 66.8 Å². The molecule has 0 radical (unpaired) electrons. The highest BCUT2D eigenvalue weighted by Gasteiger charge is 2.41. The van der Waals surface area contributed by atoms with Crippen molar-refractivity contribution in [2.24, 2.45) is 0 Å². The van der Waals surface area contributed by atoms with Gasteiger partial charge in [-0.1, -0.05) is 48.5 Å². The molecule has 1 aliphatic carbocycles. The summed E-state index contributed by atoms with van der Waals surface area (Å²) in [6.07, 6.45) is -0.559. The first-order valence-corrected chi connectivity index (χ1v) is 9.60. The normalized spacial score (nSPS) is 21.3. The first-order chi connectivity index (χ1) is 12.6. The molecule has 0 bridgehead atoms. The van der Waals surface area contributed by atoms with Crippen LogP contribution in [0.2, 0.25) is 0 Å². The van der Waals surface area contributed by atoms with E-state index in [1.54, 1.807) is 0 Å². The molecule has 2 aromatic carbocycles. The van der Waals surface area contributed by atoms with Gasteiger partial charge in [0.2, 0.25) is 0 Å². The summed E-state index contributed by atoms with van der Waals surface area (Å²) in [6.45, 7) is 2.03. The Morgan fingerprint density at radius 3 is 2.27 bits per heavy atom. The van der Waals surface area contributed by atoms with Crippen LogP contribution in [0.3, 0.4) is 0 Å². The van der Waals surface area contributed by atoms with E-state index in [0.717, 1.165) is 22.3 Å². The standard InChI is InChI=1S/C20H19NO4S/c1-12-21(18(11-26-12)19(22)23)20(24)25-10-17-15-8-4-2-6-13(15)14-7-3-5-9-16(14)17/h2-9,12,17-18H,10-11H2,1H3,(H,22,23)/t12-,18+/m0/s1. The summed E-state index contributed by atoms with van der Waals surface area (Å²) in [5.74, 6) is -0.628. The Balaban J connectivity index is 1.55. The van der Waals surface area contributed by atoms with E-state index >= 15 is 0 Å². The highest BCUT2D eigenvalue weighted by molar-refractivity contribution is 8.00. The second-order valence-electron chi connectivity index (χ2n) is 6.50. The number of amides is 1. The third-order valence-electron chi connectivity index (χ3n) is 5.05. The summed E-state index contributed by atoms with van der Waals surface area (Å²) in [5, 5.41) is 9.13. The van der Waals surface area contributed by atoms with E-state index in [2.05, 4.69) is 24.3 Å². The molecular weight excluding hydrogens is 350 g/mol. The fraction of sp³-hybridized carbons (Fsp3) is 0.300. The van der Waals surface area contributed by atoms with Gasteiger partial charge in [-0.2, -0.15) is 0 Å². The zero-order chi connectivity index (χ0) is 18.3. The lowest BCUT2D eigenvalue weighted by Crippen LogP contribution is -2.45. The Morgan fingerprint density at radius 1 is 1.12 bits per heavy atom. The van der Waals surface area contributed by atoms with Crippen molar-refractivity contribution in [3.05, 3.63) is 59.7 Å². The number of rotatable bonds is 3. The molecule has 5 nitrogen and oxygen atoms in total. The maximum atomic E-state index is 12.6. The Hall–Kier alpha value is -2.47. The van der Waals surface area contributed by atoms with Gasteiger partial charge in [-0.3, -0.25) is 4.90 Å². The number of thioether (sulfide) groups is 1. The molecule has 2 aromatic rings. The smallest absolute Gasteiger partial charge is 0.411 e. The molecule has 2 atom stereocenters. The number of carbonyl (C=O) groups is 2. The second kappa shape index (κ2) is 6.68. The predicted octanol–water partition coefficient (Wildman–Crippen LogP) is 3.78. The number of nitrogens with zero attached hydrogens (tertiary/aromatic N) is 1. The van der Waals surface area contributed by atoms with Gasteiger partial charge in [0.15, 0.2) is 0 Å². The quantitative estimate of drug-likeness (QED) is 0.892. The Morgan fingerprint density at radius 2 is 1.69 bits per heavy atom. The van der Waals surface area contributed by atoms with Gasteiger partial charge in [0.25, 0.3) is 0 Å². The number of carboxylic acid groups (broad SMARTS) is 1. The van der Waals surface area contributed by atoms with Crippen LogP contribution in [0, 0.1) is 0 Å². The molecule has 1 saturated heterocycles. The number of benzene rings is 2. The van der Waals surface area contributed by atoms with Crippen LogP contribution < -0.4 is 0 Å². The molecule has 1 heterocycles. The third kappa shape index (κ3) is 2.74. The average Bonchev–Trinajstić information content (AvgIpc) is 3.18. The predicted molar refractivity (Wildman–Crippen MR) is 100 cm³/mol. The molecule has 4 rings (SSSR count). The number of ether oxygens (including phenoxy) is 1. The van der Waals surface area contributed by atoms with E-state index in [0.29, 0.717) is 5.75 Å². The number of hydrogen-bond donors (Lipinski definition) is 1. The van der Waals surface area contributed by atoms with Crippen molar-refractivity contribution >= 4 is 23.8 Å². The number of carbonyl (C=O) groups excluding carboxylic acids is 1. The maximum Gasteiger partial charge on any atom is 0.411 e. The molecular formula is C20H19NO4S. The minimum Gasteiger partial charge on any atom is -0.480 e. The van der Waals surface area contributed by atoms with Crippen LogP contribution in [0.4, 0.5) is 4.79 Å². The van der Waals surface area contributed by atoms with Gasteiger partial charge in [-0.25, -0.2) is 9.59 Å². The summed E-state index contributed by atoms with van der Waals surface area (Å²) in [5.41, 5.74) is 4.61. The van der Waals surface area contributed by atoms with E-state index in [-0.39, 0.29) is 17.9 Å². The Labute approximate surface area is 156 Å². The molecule has 6 heteroatoms. The molecule has 2 aliphatic rings. The minimum atomic E-state index is -0.990. The molecule has 1 N–H and O–H groups in total. The summed E-state index contributed by atoms with van der Waals surface area (Å²) in [7, 11) is 0. The highest BCUT2D eigenvalue weighted by Crippen LogP contribution is 2.44. The lowest BCUT2D eigenvalue weighted by Gasteiger charge is -2.25. The highest BCUT2D eigenvalue weighted by atomic mass is 32.2. The van der Waals surface area contributed by atoms with Crippen molar-refractivity contribution in [3.63, 3.8) is 0 Å². The van der Waals surface area contributed by atoms with Gasteiger partial charge in [0.1, 0.15) is 12.6 Å². The molecule has 134 valence electrons. The van der Waals surface area contributed by atoms with E-state index in [9.17, 15) is 14.7 Å². The van der Waals surface area contributed by atoms with Crippen molar-refractivity contribution in [1.29, 1.82) is 0 Å². The lowest BCUT2D eigenvalue weighted by molar-refractivity contribution is -0.141. The van der Waals surface area contributed by atoms with Crippen LogP contribution in [0.1, 0.15) is 24.0 Å². The summed E-state index contributed by atoms with van der Waals surface area (Å²) >= 11 is 1.45. The first kappa shape index (κ1) is 17.0. The van der Waals surface area contributed by atoms with Crippen molar-refractivity contribution in [2.75, 3.05) is 12.4 Å². The molecule has 0 saturated carbocycles. The lowest BCUT2D eigenvalue weighted by atomic mass is 9.98. The van der Waals surface area contributed by atoms with E-state index < -0.39 is 18.1 Å². The number of carboxylic acids is 1. The third-order valence-corrected chi connectivity index (χ3v) is 6.27. The minimum absolute atomic E-state index is 0.0276. The fourth-order valence-electron chi connectivity index (χ4n) is 3.78. The summed E-state index contributed by atoms with van der Waals surface area (Å²) in [6, 6.07) is 15.4. The van der Waals surface area contributed by atoms with Gasteiger partial charge in [-0.15, -0.1) is 11.8 Å². The monoisotopic (exact) mass is 369 g/mol. The number of fused-ring (bicyclic) bond motifs is 3. The van der Waals surface area contributed by atoms with Crippen LogP contribution in [0.5, 0.6) is 0 Å². The molecule has 0 unspecified atom stereocenters.